The highest BCUT2D eigenvalue weighted by molar-refractivity contribution is 6.31. The second-order valence-corrected chi connectivity index (χ2v) is 10.9. The lowest BCUT2D eigenvalue weighted by molar-refractivity contribution is -0.138. The number of aliphatic hydroxyl groups excluding tert-OH is 1. The van der Waals surface area contributed by atoms with E-state index in [2.05, 4.69) is 5.32 Å². The molecule has 1 aliphatic rings. The van der Waals surface area contributed by atoms with Gasteiger partial charge in [0.1, 0.15) is 5.82 Å². The molecule has 2 aromatic carbocycles. The largest absolute Gasteiger partial charge is 0.395 e. The molecule has 0 radical (unpaired) electrons. The Morgan fingerprint density at radius 3 is 2.34 bits per heavy atom. The van der Waals surface area contributed by atoms with Crippen LogP contribution in [0.1, 0.15) is 43.1 Å². The van der Waals surface area contributed by atoms with Crippen molar-refractivity contribution in [1.29, 1.82) is 0 Å². The Kier molecular flexibility index (Phi) is 10.0. The van der Waals surface area contributed by atoms with Crippen molar-refractivity contribution in [3.63, 3.8) is 0 Å². The van der Waals surface area contributed by atoms with E-state index in [-0.39, 0.29) is 24.3 Å². The van der Waals surface area contributed by atoms with Gasteiger partial charge in [0.15, 0.2) is 0 Å². The minimum atomic E-state index is -4.19. The van der Waals surface area contributed by atoms with Gasteiger partial charge in [0.25, 0.3) is 5.91 Å². The molecule has 0 aliphatic carbocycles. The number of hydrogen-bond donors (Lipinski definition) is 2. The minimum Gasteiger partial charge on any atom is -0.395 e. The predicted octanol–water partition coefficient (Wildman–Crippen LogP) is 5.40. The number of hydrogen-bond acceptors (Lipinski definition) is 5. The lowest BCUT2D eigenvalue weighted by Crippen LogP contribution is -2.47. The number of β-amino-alcohol motifs (C(OH)–C–C–N with tert-alkyl or cyclic N) is 1. The molecule has 210 valence electrons. The van der Waals surface area contributed by atoms with Crippen molar-refractivity contribution < 1.29 is 27.5 Å². The molecule has 38 heavy (non-hydrogen) atoms. The van der Waals surface area contributed by atoms with Crippen molar-refractivity contribution in [3.05, 3.63) is 58.4 Å². The van der Waals surface area contributed by atoms with E-state index in [1.54, 1.807) is 29.2 Å². The Morgan fingerprint density at radius 2 is 1.76 bits per heavy atom. The van der Waals surface area contributed by atoms with E-state index in [0.717, 1.165) is 0 Å². The van der Waals surface area contributed by atoms with E-state index in [4.69, 9.17) is 11.6 Å². The number of anilines is 2. The lowest BCUT2D eigenvalue weighted by atomic mass is 10.0. The summed E-state index contributed by atoms with van der Waals surface area (Å²) in [4.78, 5) is 18.7. The molecule has 2 aromatic rings. The highest BCUT2D eigenvalue weighted by Crippen LogP contribution is 2.31. The first-order valence-electron chi connectivity index (χ1n) is 12.6. The number of carbonyl (C=O) groups is 1. The molecule has 1 saturated heterocycles. The monoisotopic (exact) mass is 558 g/mol. The second kappa shape index (κ2) is 12.6. The van der Waals surface area contributed by atoms with Crippen LogP contribution < -0.4 is 10.2 Å². The van der Waals surface area contributed by atoms with Crippen LogP contribution in [0.4, 0.5) is 28.9 Å². The van der Waals surface area contributed by atoms with Crippen LogP contribution >= 0.6 is 11.6 Å². The number of rotatable bonds is 9. The molecule has 0 saturated carbocycles. The standard InChI is InChI=1S/C27H35ClF4N4O2/c1-26(2,3)36(14-15-37)18-19-4-6-21(22(29)16-19)25(38)33-23-7-5-20(28)17-24(23)35-12-10-34(11-13-35)9-8-27(30,31)32/h4-7,16-17,37H,8-15,18H2,1-3H3,(H,33,38). The molecule has 1 amide bonds. The third-order valence-corrected chi connectivity index (χ3v) is 6.84. The van der Waals surface area contributed by atoms with Gasteiger partial charge in [-0.2, -0.15) is 13.2 Å². The number of carbonyl (C=O) groups excluding carboxylic acids is 1. The van der Waals surface area contributed by atoms with Gasteiger partial charge in [-0.25, -0.2) is 4.39 Å². The lowest BCUT2D eigenvalue weighted by Gasteiger charge is -2.37. The van der Waals surface area contributed by atoms with Crippen LogP contribution in [0.15, 0.2) is 36.4 Å². The van der Waals surface area contributed by atoms with Crippen LogP contribution in [0.5, 0.6) is 0 Å². The number of halogens is 5. The third-order valence-electron chi connectivity index (χ3n) is 6.60. The average Bonchev–Trinajstić information content (AvgIpc) is 2.83. The Balaban J connectivity index is 1.70. The fraction of sp³-hybridized carbons (Fsp3) is 0.519. The van der Waals surface area contributed by atoms with Gasteiger partial charge in [0.2, 0.25) is 0 Å². The van der Waals surface area contributed by atoms with Gasteiger partial charge in [-0.15, -0.1) is 0 Å². The molecule has 0 bridgehead atoms. The number of piperazine rings is 1. The number of alkyl halides is 3. The highest BCUT2D eigenvalue weighted by atomic mass is 35.5. The van der Waals surface area contributed by atoms with E-state index in [1.165, 1.54) is 12.1 Å². The Bertz CT molecular complexity index is 1100. The number of amides is 1. The molecule has 1 aliphatic heterocycles. The summed E-state index contributed by atoms with van der Waals surface area (Å²) in [5.74, 6) is -1.28. The minimum absolute atomic E-state index is 0.0216. The van der Waals surface area contributed by atoms with E-state index in [0.29, 0.717) is 61.2 Å². The summed E-state index contributed by atoms with van der Waals surface area (Å²) in [7, 11) is 0. The molecular weight excluding hydrogens is 524 g/mol. The SMILES string of the molecule is CC(C)(C)N(CCO)Cc1ccc(C(=O)Nc2ccc(Cl)cc2N2CCN(CCC(F)(F)F)CC2)c(F)c1. The summed E-state index contributed by atoms with van der Waals surface area (Å²) < 4.78 is 52.7. The van der Waals surface area contributed by atoms with Gasteiger partial charge in [0, 0.05) is 56.4 Å². The summed E-state index contributed by atoms with van der Waals surface area (Å²) in [6.45, 7) is 8.59. The molecular formula is C27H35ClF4N4O2. The zero-order valence-corrected chi connectivity index (χ0v) is 22.7. The van der Waals surface area contributed by atoms with E-state index in [1.807, 2.05) is 30.6 Å². The first-order valence-corrected chi connectivity index (χ1v) is 12.9. The highest BCUT2D eigenvalue weighted by Gasteiger charge is 2.29. The number of benzene rings is 2. The van der Waals surface area contributed by atoms with E-state index < -0.39 is 24.3 Å². The Hall–Kier alpha value is -2.40. The normalized spacial score (nSPS) is 15.3. The molecule has 11 heteroatoms. The number of nitrogens with zero attached hydrogens (tertiary/aromatic N) is 3. The van der Waals surface area contributed by atoms with Crippen molar-refractivity contribution >= 4 is 28.9 Å². The molecule has 0 atom stereocenters. The maximum absolute atomic E-state index is 15.0. The van der Waals surface area contributed by atoms with Crippen LogP contribution in [-0.4, -0.2) is 78.4 Å². The van der Waals surface area contributed by atoms with Gasteiger partial charge >= 0.3 is 6.18 Å². The third kappa shape index (κ3) is 8.56. The van der Waals surface area contributed by atoms with Crippen molar-refractivity contribution in [2.75, 3.05) is 56.1 Å². The summed E-state index contributed by atoms with van der Waals surface area (Å²) in [6, 6.07) is 9.39. The number of aliphatic hydroxyl groups is 1. The molecule has 6 nitrogen and oxygen atoms in total. The van der Waals surface area contributed by atoms with E-state index >= 15 is 4.39 Å². The topological polar surface area (TPSA) is 59.1 Å². The van der Waals surface area contributed by atoms with Crippen molar-refractivity contribution in [3.8, 4) is 0 Å². The summed E-state index contributed by atoms with van der Waals surface area (Å²) >= 11 is 6.20. The predicted molar refractivity (Wildman–Crippen MR) is 142 cm³/mol. The van der Waals surface area contributed by atoms with Crippen LogP contribution in [0.2, 0.25) is 5.02 Å². The Labute approximate surface area is 226 Å². The molecule has 1 heterocycles. The summed E-state index contributed by atoms with van der Waals surface area (Å²) in [5.41, 5.74) is 1.40. The van der Waals surface area contributed by atoms with Crippen molar-refractivity contribution in [1.82, 2.24) is 9.80 Å². The zero-order valence-electron chi connectivity index (χ0n) is 21.9. The van der Waals surface area contributed by atoms with Gasteiger partial charge in [-0.05, 0) is 56.7 Å². The van der Waals surface area contributed by atoms with E-state index in [9.17, 15) is 23.1 Å². The molecule has 1 fully saturated rings. The number of nitrogens with one attached hydrogen (secondary N) is 1. The van der Waals surface area contributed by atoms with Gasteiger partial charge in [-0.3, -0.25) is 14.6 Å². The van der Waals surface area contributed by atoms with Crippen molar-refractivity contribution in [2.45, 2.75) is 45.5 Å². The van der Waals surface area contributed by atoms with Crippen LogP contribution in [-0.2, 0) is 6.54 Å². The molecule has 0 spiro atoms. The van der Waals surface area contributed by atoms with Crippen LogP contribution in [0.3, 0.4) is 0 Å². The second-order valence-electron chi connectivity index (χ2n) is 10.4. The van der Waals surface area contributed by atoms with Crippen molar-refractivity contribution in [2.24, 2.45) is 0 Å². The average molecular weight is 559 g/mol. The maximum Gasteiger partial charge on any atom is 0.390 e. The summed E-state index contributed by atoms with van der Waals surface area (Å²) in [5, 5.41) is 12.6. The van der Waals surface area contributed by atoms with Gasteiger partial charge in [-0.1, -0.05) is 17.7 Å². The van der Waals surface area contributed by atoms with Gasteiger partial charge < -0.3 is 15.3 Å². The maximum atomic E-state index is 15.0. The fourth-order valence-electron chi connectivity index (χ4n) is 4.39. The first-order chi connectivity index (χ1) is 17.8. The molecule has 0 aromatic heterocycles. The smallest absolute Gasteiger partial charge is 0.390 e. The fourth-order valence-corrected chi connectivity index (χ4v) is 4.56. The summed E-state index contributed by atoms with van der Waals surface area (Å²) in [6.07, 6.45) is -5.05. The molecule has 0 unspecified atom stereocenters. The quantitative estimate of drug-likeness (QED) is 0.404. The zero-order chi connectivity index (χ0) is 28.1. The van der Waals surface area contributed by atoms with Crippen LogP contribution in [0.25, 0.3) is 0 Å². The van der Waals surface area contributed by atoms with Gasteiger partial charge in [0.05, 0.1) is 30.0 Å². The van der Waals surface area contributed by atoms with Crippen LogP contribution in [0, 0.1) is 5.82 Å². The molecule has 3 rings (SSSR count). The Morgan fingerprint density at radius 1 is 1.08 bits per heavy atom. The molecule has 2 N–H and O–H groups in total. The first kappa shape index (κ1) is 30.1.